The van der Waals surface area contributed by atoms with E-state index in [1.54, 1.807) is 22.6 Å². The lowest BCUT2D eigenvalue weighted by atomic mass is 10.2. The average Bonchev–Trinajstić information content (AvgIpc) is 2.94. The molecule has 0 aromatic carbocycles. The predicted molar refractivity (Wildman–Crippen MR) is 80.2 cm³/mol. The zero-order valence-corrected chi connectivity index (χ0v) is 13.0. The summed E-state index contributed by atoms with van der Waals surface area (Å²) in [5.41, 5.74) is 0. The molecule has 1 aromatic heterocycles. The first-order chi connectivity index (χ1) is 9.59. The van der Waals surface area contributed by atoms with E-state index in [1.807, 2.05) is 13.8 Å². The van der Waals surface area contributed by atoms with E-state index in [0.717, 1.165) is 32.2 Å². The van der Waals surface area contributed by atoms with Gasteiger partial charge in [0.1, 0.15) is 5.82 Å². The Morgan fingerprint density at radius 1 is 1.35 bits per heavy atom. The SMILES string of the molecule is CCNc1cc(S(=O)(=O)N(CC)C2CCCC2)ccn1. The van der Waals surface area contributed by atoms with Gasteiger partial charge in [0.15, 0.2) is 0 Å². The van der Waals surface area contributed by atoms with Crippen molar-refractivity contribution in [3.8, 4) is 0 Å². The monoisotopic (exact) mass is 297 g/mol. The molecule has 6 heteroatoms. The second-order valence-corrected chi connectivity index (χ2v) is 6.94. The minimum atomic E-state index is -3.42. The molecule has 0 bridgehead atoms. The lowest BCUT2D eigenvalue weighted by Crippen LogP contribution is -2.38. The van der Waals surface area contributed by atoms with Gasteiger partial charge in [-0.1, -0.05) is 19.8 Å². The topological polar surface area (TPSA) is 62.3 Å². The maximum absolute atomic E-state index is 12.8. The summed E-state index contributed by atoms with van der Waals surface area (Å²) in [5.74, 6) is 0.607. The fourth-order valence-electron chi connectivity index (χ4n) is 2.80. The van der Waals surface area contributed by atoms with Crippen molar-refractivity contribution < 1.29 is 8.42 Å². The van der Waals surface area contributed by atoms with E-state index in [0.29, 0.717) is 17.3 Å². The van der Waals surface area contributed by atoms with Crippen molar-refractivity contribution in [1.29, 1.82) is 0 Å². The first-order valence-corrected chi connectivity index (χ1v) is 8.75. The molecule has 1 fully saturated rings. The fraction of sp³-hybridized carbons (Fsp3) is 0.643. The Labute approximate surface area is 121 Å². The molecule has 5 nitrogen and oxygen atoms in total. The van der Waals surface area contributed by atoms with Crippen molar-refractivity contribution >= 4 is 15.8 Å². The van der Waals surface area contributed by atoms with Crippen LogP contribution >= 0.6 is 0 Å². The zero-order chi connectivity index (χ0) is 14.6. The first kappa shape index (κ1) is 15.3. The third-order valence-corrected chi connectivity index (χ3v) is 5.76. The van der Waals surface area contributed by atoms with E-state index >= 15 is 0 Å². The molecule has 0 radical (unpaired) electrons. The number of anilines is 1. The van der Waals surface area contributed by atoms with E-state index in [1.165, 1.54) is 0 Å². The molecular weight excluding hydrogens is 274 g/mol. The number of sulfonamides is 1. The summed E-state index contributed by atoms with van der Waals surface area (Å²) in [5, 5.41) is 3.05. The fourth-order valence-corrected chi connectivity index (χ4v) is 4.51. The van der Waals surface area contributed by atoms with Crippen LogP contribution in [0.5, 0.6) is 0 Å². The second-order valence-electron chi connectivity index (χ2n) is 5.05. The van der Waals surface area contributed by atoms with Crippen LogP contribution in [0.3, 0.4) is 0 Å². The lowest BCUT2D eigenvalue weighted by molar-refractivity contribution is 0.335. The van der Waals surface area contributed by atoms with Gasteiger partial charge in [0.2, 0.25) is 10.0 Å². The summed E-state index contributed by atoms with van der Waals surface area (Å²) < 4.78 is 27.2. The Balaban J connectivity index is 2.29. The van der Waals surface area contributed by atoms with E-state index in [-0.39, 0.29) is 6.04 Å². The number of hydrogen-bond donors (Lipinski definition) is 1. The molecule has 1 aliphatic rings. The highest BCUT2D eigenvalue weighted by Crippen LogP contribution is 2.28. The Bertz CT molecular complexity index is 539. The number of hydrogen-bond acceptors (Lipinski definition) is 4. The van der Waals surface area contributed by atoms with Gasteiger partial charge >= 0.3 is 0 Å². The molecule has 2 rings (SSSR count). The van der Waals surface area contributed by atoms with Gasteiger partial charge in [0.25, 0.3) is 0 Å². The summed E-state index contributed by atoms with van der Waals surface area (Å²) in [6.07, 6.45) is 5.73. The van der Waals surface area contributed by atoms with Crippen LogP contribution in [-0.4, -0.2) is 36.8 Å². The normalized spacial score (nSPS) is 16.8. The Kier molecular flexibility index (Phi) is 4.99. The summed E-state index contributed by atoms with van der Waals surface area (Å²) in [6, 6.07) is 3.35. The molecule has 1 saturated carbocycles. The van der Waals surface area contributed by atoms with Crippen LogP contribution in [0.4, 0.5) is 5.82 Å². The second kappa shape index (κ2) is 6.54. The van der Waals surface area contributed by atoms with Crippen LogP contribution < -0.4 is 5.32 Å². The Morgan fingerprint density at radius 2 is 2.05 bits per heavy atom. The van der Waals surface area contributed by atoms with Gasteiger partial charge in [-0.2, -0.15) is 4.31 Å². The number of pyridine rings is 1. The van der Waals surface area contributed by atoms with Crippen molar-refractivity contribution in [2.24, 2.45) is 0 Å². The van der Waals surface area contributed by atoms with E-state index in [9.17, 15) is 8.42 Å². The van der Waals surface area contributed by atoms with Gasteiger partial charge < -0.3 is 5.32 Å². The smallest absolute Gasteiger partial charge is 0.243 e. The summed E-state index contributed by atoms with van der Waals surface area (Å²) in [7, 11) is -3.42. The summed E-state index contributed by atoms with van der Waals surface area (Å²) >= 11 is 0. The van der Waals surface area contributed by atoms with Crippen molar-refractivity contribution in [1.82, 2.24) is 9.29 Å². The molecule has 1 heterocycles. The van der Waals surface area contributed by atoms with Crippen molar-refractivity contribution in [2.75, 3.05) is 18.4 Å². The van der Waals surface area contributed by atoms with Crippen molar-refractivity contribution in [2.45, 2.75) is 50.5 Å². The van der Waals surface area contributed by atoms with E-state index in [4.69, 9.17) is 0 Å². The van der Waals surface area contributed by atoms with Crippen LogP contribution in [0, 0.1) is 0 Å². The number of nitrogens with zero attached hydrogens (tertiary/aromatic N) is 2. The molecule has 1 aliphatic carbocycles. The van der Waals surface area contributed by atoms with Crippen molar-refractivity contribution in [3.63, 3.8) is 0 Å². The molecule has 1 N–H and O–H groups in total. The molecule has 0 aliphatic heterocycles. The number of aromatic nitrogens is 1. The van der Waals surface area contributed by atoms with Crippen LogP contribution in [0.25, 0.3) is 0 Å². The van der Waals surface area contributed by atoms with Crippen molar-refractivity contribution in [3.05, 3.63) is 18.3 Å². The number of nitrogens with one attached hydrogen (secondary N) is 1. The lowest BCUT2D eigenvalue weighted by Gasteiger charge is -2.26. The van der Waals surface area contributed by atoms with Gasteiger partial charge in [-0.15, -0.1) is 0 Å². The minimum Gasteiger partial charge on any atom is -0.370 e. The standard InChI is InChI=1S/C14H23N3O2S/c1-3-15-14-11-13(9-10-16-14)20(18,19)17(4-2)12-7-5-6-8-12/h9-12H,3-8H2,1-2H3,(H,15,16). The van der Waals surface area contributed by atoms with Crippen LogP contribution in [0.2, 0.25) is 0 Å². The Hall–Kier alpha value is -1.14. The predicted octanol–water partition coefficient (Wildman–Crippen LogP) is 2.47. The van der Waals surface area contributed by atoms with Crippen LogP contribution in [-0.2, 0) is 10.0 Å². The highest BCUT2D eigenvalue weighted by Gasteiger charge is 2.32. The third kappa shape index (κ3) is 3.12. The van der Waals surface area contributed by atoms with Crippen LogP contribution in [0.15, 0.2) is 23.2 Å². The summed E-state index contributed by atoms with van der Waals surface area (Å²) in [4.78, 5) is 4.46. The highest BCUT2D eigenvalue weighted by atomic mass is 32.2. The molecule has 0 unspecified atom stereocenters. The maximum Gasteiger partial charge on any atom is 0.243 e. The molecular formula is C14H23N3O2S. The van der Waals surface area contributed by atoms with Gasteiger partial charge in [0.05, 0.1) is 4.90 Å². The van der Waals surface area contributed by atoms with Gasteiger partial charge in [0, 0.05) is 31.4 Å². The van der Waals surface area contributed by atoms with Gasteiger partial charge in [-0.3, -0.25) is 0 Å². The minimum absolute atomic E-state index is 0.153. The van der Waals surface area contributed by atoms with Gasteiger partial charge in [-0.05, 0) is 25.8 Å². The zero-order valence-electron chi connectivity index (χ0n) is 12.2. The molecule has 0 spiro atoms. The van der Waals surface area contributed by atoms with Crippen LogP contribution in [0.1, 0.15) is 39.5 Å². The maximum atomic E-state index is 12.8. The molecule has 1 aromatic rings. The molecule has 0 amide bonds. The van der Waals surface area contributed by atoms with E-state index in [2.05, 4.69) is 10.3 Å². The molecule has 0 atom stereocenters. The van der Waals surface area contributed by atoms with Gasteiger partial charge in [-0.25, -0.2) is 13.4 Å². The number of rotatable bonds is 6. The largest absolute Gasteiger partial charge is 0.370 e. The molecule has 0 saturated heterocycles. The van der Waals surface area contributed by atoms with E-state index < -0.39 is 10.0 Å². The Morgan fingerprint density at radius 3 is 2.65 bits per heavy atom. The first-order valence-electron chi connectivity index (χ1n) is 7.31. The molecule has 112 valence electrons. The quantitative estimate of drug-likeness (QED) is 0.876. The third-order valence-electron chi connectivity index (χ3n) is 3.74. The highest BCUT2D eigenvalue weighted by molar-refractivity contribution is 7.89. The average molecular weight is 297 g/mol. The molecule has 20 heavy (non-hydrogen) atoms. The summed E-state index contributed by atoms with van der Waals surface area (Å²) in [6.45, 7) is 5.10.